The minimum Gasteiger partial charge on any atom is -0.486 e. The van der Waals surface area contributed by atoms with Gasteiger partial charge in [-0.1, -0.05) is 0 Å². The second-order valence-corrected chi connectivity index (χ2v) is 5.48. The average molecular weight is 359 g/mol. The zero-order valence-corrected chi connectivity index (χ0v) is 13.7. The highest BCUT2D eigenvalue weighted by atomic mass is 32.1. The summed E-state index contributed by atoms with van der Waals surface area (Å²) in [5.74, 6) is 0.693. The Morgan fingerprint density at radius 3 is 2.44 bits per heavy atom. The number of amides is 1. The van der Waals surface area contributed by atoms with E-state index in [1.807, 2.05) is 0 Å². The van der Waals surface area contributed by atoms with Crippen LogP contribution in [0.4, 0.5) is 11.4 Å². The van der Waals surface area contributed by atoms with Gasteiger partial charge >= 0.3 is 0 Å². The standard InChI is InChI=1S/C16H13N3O5S/c20-15(10-1-6-13-14(9-10)24-8-7-23-13)18-16(25)17-11-2-4-12(5-3-11)19(21)22/h1-6,9H,7-8H2,(H2,17,18,20,25). The summed E-state index contributed by atoms with van der Waals surface area (Å²) in [7, 11) is 0. The summed E-state index contributed by atoms with van der Waals surface area (Å²) in [4.78, 5) is 22.4. The molecule has 1 heterocycles. The van der Waals surface area contributed by atoms with Crippen LogP contribution in [-0.2, 0) is 0 Å². The number of non-ortho nitro benzene ring substituents is 1. The second kappa shape index (κ2) is 7.14. The van der Waals surface area contributed by atoms with E-state index in [9.17, 15) is 14.9 Å². The van der Waals surface area contributed by atoms with Gasteiger partial charge in [-0.2, -0.15) is 0 Å². The van der Waals surface area contributed by atoms with Crippen molar-refractivity contribution < 1.29 is 19.2 Å². The van der Waals surface area contributed by atoms with Gasteiger partial charge in [0.2, 0.25) is 0 Å². The van der Waals surface area contributed by atoms with Crippen LogP contribution in [0.1, 0.15) is 10.4 Å². The van der Waals surface area contributed by atoms with E-state index < -0.39 is 10.8 Å². The molecule has 0 spiro atoms. The van der Waals surface area contributed by atoms with Crippen molar-refractivity contribution in [3.05, 3.63) is 58.1 Å². The van der Waals surface area contributed by atoms with Crippen LogP contribution in [0.15, 0.2) is 42.5 Å². The van der Waals surface area contributed by atoms with Crippen molar-refractivity contribution in [2.75, 3.05) is 18.5 Å². The molecule has 3 rings (SSSR count). The van der Waals surface area contributed by atoms with E-state index in [4.69, 9.17) is 21.7 Å². The van der Waals surface area contributed by atoms with Crippen LogP contribution in [0, 0.1) is 10.1 Å². The van der Waals surface area contributed by atoms with Gasteiger partial charge in [0, 0.05) is 23.4 Å². The summed E-state index contributed by atoms with van der Waals surface area (Å²) < 4.78 is 10.8. The van der Waals surface area contributed by atoms with Crippen LogP contribution in [0.2, 0.25) is 0 Å². The highest BCUT2D eigenvalue weighted by Crippen LogP contribution is 2.30. The lowest BCUT2D eigenvalue weighted by atomic mass is 10.2. The molecule has 2 N–H and O–H groups in total. The number of carbonyl (C=O) groups excluding carboxylic acids is 1. The first-order valence-corrected chi connectivity index (χ1v) is 7.70. The van der Waals surface area contributed by atoms with E-state index in [0.717, 1.165) is 0 Å². The van der Waals surface area contributed by atoms with Crippen molar-refractivity contribution in [2.24, 2.45) is 0 Å². The number of nitro groups is 1. The summed E-state index contributed by atoms with van der Waals surface area (Å²) >= 11 is 5.08. The number of ether oxygens (including phenoxy) is 2. The molecule has 8 nitrogen and oxygen atoms in total. The predicted molar refractivity (Wildman–Crippen MR) is 94.2 cm³/mol. The minimum atomic E-state index is -0.494. The van der Waals surface area contributed by atoms with Crippen LogP contribution in [0.25, 0.3) is 0 Å². The fraction of sp³-hybridized carbons (Fsp3) is 0.125. The van der Waals surface area contributed by atoms with Crippen molar-refractivity contribution in [2.45, 2.75) is 0 Å². The number of rotatable bonds is 3. The Morgan fingerprint density at radius 1 is 1.08 bits per heavy atom. The molecule has 0 unspecified atom stereocenters. The fourth-order valence-electron chi connectivity index (χ4n) is 2.19. The summed E-state index contributed by atoms with van der Waals surface area (Å²) in [5.41, 5.74) is 0.868. The van der Waals surface area contributed by atoms with Gasteiger partial charge in [-0.05, 0) is 42.5 Å². The van der Waals surface area contributed by atoms with Gasteiger partial charge in [-0.25, -0.2) is 0 Å². The molecule has 1 aliphatic rings. The normalized spacial score (nSPS) is 12.2. The molecule has 2 aromatic carbocycles. The fourth-order valence-corrected chi connectivity index (χ4v) is 2.40. The number of nitro benzene ring substituents is 1. The van der Waals surface area contributed by atoms with Gasteiger partial charge in [0.05, 0.1) is 4.92 Å². The Hall–Kier alpha value is -3.20. The first kappa shape index (κ1) is 16.7. The molecule has 9 heteroatoms. The molecule has 0 saturated carbocycles. The molecule has 0 fully saturated rings. The maximum atomic E-state index is 12.3. The lowest BCUT2D eigenvalue weighted by Crippen LogP contribution is -2.34. The predicted octanol–water partition coefficient (Wildman–Crippen LogP) is 2.49. The molecule has 1 amide bonds. The number of hydrogen-bond donors (Lipinski definition) is 2. The van der Waals surface area contributed by atoms with Crippen LogP contribution in [0.5, 0.6) is 11.5 Å². The molecule has 0 aromatic heterocycles. The summed E-state index contributed by atoms with van der Waals surface area (Å²) in [6.45, 7) is 0.903. The van der Waals surface area contributed by atoms with Gasteiger partial charge in [0.15, 0.2) is 16.6 Å². The zero-order chi connectivity index (χ0) is 17.8. The van der Waals surface area contributed by atoms with E-state index in [0.29, 0.717) is 36.0 Å². The third kappa shape index (κ3) is 4.01. The monoisotopic (exact) mass is 359 g/mol. The third-order valence-electron chi connectivity index (χ3n) is 3.37. The van der Waals surface area contributed by atoms with Crippen LogP contribution < -0.4 is 20.1 Å². The Bertz CT molecular complexity index is 838. The molecule has 0 radical (unpaired) electrons. The Morgan fingerprint density at radius 2 is 1.76 bits per heavy atom. The lowest BCUT2D eigenvalue weighted by molar-refractivity contribution is -0.384. The molecule has 0 aliphatic carbocycles. The van der Waals surface area contributed by atoms with E-state index >= 15 is 0 Å². The molecule has 128 valence electrons. The highest BCUT2D eigenvalue weighted by Gasteiger charge is 2.15. The number of thiocarbonyl (C=S) groups is 1. The average Bonchev–Trinajstić information content (AvgIpc) is 2.61. The van der Waals surface area contributed by atoms with E-state index in [1.165, 1.54) is 24.3 Å². The number of nitrogens with one attached hydrogen (secondary N) is 2. The largest absolute Gasteiger partial charge is 0.486 e. The molecular formula is C16H13N3O5S. The van der Waals surface area contributed by atoms with E-state index in [-0.39, 0.29) is 10.8 Å². The van der Waals surface area contributed by atoms with Gasteiger partial charge < -0.3 is 14.8 Å². The molecule has 0 saturated heterocycles. The smallest absolute Gasteiger partial charge is 0.269 e. The first-order chi connectivity index (χ1) is 12.0. The van der Waals surface area contributed by atoms with Crippen molar-refractivity contribution >= 4 is 34.6 Å². The van der Waals surface area contributed by atoms with Crippen molar-refractivity contribution in [1.29, 1.82) is 0 Å². The van der Waals surface area contributed by atoms with Crippen molar-refractivity contribution in [3.63, 3.8) is 0 Å². The number of fused-ring (bicyclic) bond motifs is 1. The van der Waals surface area contributed by atoms with Gasteiger partial charge in [-0.3, -0.25) is 20.2 Å². The van der Waals surface area contributed by atoms with Gasteiger partial charge in [0.25, 0.3) is 11.6 Å². The van der Waals surface area contributed by atoms with Crippen molar-refractivity contribution in [3.8, 4) is 11.5 Å². The van der Waals surface area contributed by atoms with Crippen LogP contribution in [-0.4, -0.2) is 29.2 Å². The number of anilines is 1. The molecule has 25 heavy (non-hydrogen) atoms. The Balaban J connectivity index is 1.62. The Kier molecular flexibility index (Phi) is 4.75. The maximum absolute atomic E-state index is 12.3. The van der Waals surface area contributed by atoms with Gasteiger partial charge in [0.1, 0.15) is 13.2 Å². The quantitative estimate of drug-likeness (QED) is 0.493. The van der Waals surface area contributed by atoms with Gasteiger partial charge in [-0.15, -0.1) is 0 Å². The number of carbonyl (C=O) groups is 1. The van der Waals surface area contributed by atoms with E-state index in [1.54, 1.807) is 18.2 Å². The maximum Gasteiger partial charge on any atom is 0.269 e. The molecule has 0 bridgehead atoms. The number of benzene rings is 2. The number of nitrogens with zero attached hydrogens (tertiary/aromatic N) is 1. The van der Waals surface area contributed by atoms with Crippen molar-refractivity contribution in [1.82, 2.24) is 5.32 Å². The zero-order valence-electron chi connectivity index (χ0n) is 12.9. The summed E-state index contributed by atoms with van der Waals surface area (Å²) in [5, 5.41) is 16.0. The molecule has 0 atom stereocenters. The topological polar surface area (TPSA) is 103 Å². The van der Waals surface area contributed by atoms with Crippen LogP contribution in [0.3, 0.4) is 0 Å². The summed E-state index contributed by atoms with van der Waals surface area (Å²) in [6.07, 6.45) is 0. The SMILES string of the molecule is O=C(NC(=S)Nc1ccc([N+](=O)[O-])cc1)c1ccc2c(c1)OCCO2. The Labute approximate surface area is 147 Å². The van der Waals surface area contributed by atoms with E-state index in [2.05, 4.69) is 10.6 Å². The van der Waals surface area contributed by atoms with Crippen LogP contribution >= 0.6 is 12.2 Å². The second-order valence-electron chi connectivity index (χ2n) is 5.07. The molecule has 2 aromatic rings. The molecular weight excluding hydrogens is 346 g/mol. The highest BCUT2D eigenvalue weighted by molar-refractivity contribution is 7.80. The number of hydrogen-bond acceptors (Lipinski definition) is 6. The minimum absolute atomic E-state index is 0.0308. The molecule has 1 aliphatic heterocycles. The first-order valence-electron chi connectivity index (χ1n) is 7.29. The third-order valence-corrected chi connectivity index (χ3v) is 3.57. The lowest BCUT2D eigenvalue weighted by Gasteiger charge is -2.18. The summed E-state index contributed by atoms with van der Waals surface area (Å²) in [6, 6.07) is 10.5.